The molecule has 0 saturated heterocycles. The summed E-state index contributed by atoms with van der Waals surface area (Å²) in [6, 6.07) is 20.3. The number of benzene rings is 3. The molecule has 1 N–H and O–H groups in total. The fraction of sp³-hybridized carbons (Fsp3) is 0.240. The summed E-state index contributed by atoms with van der Waals surface area (Å²) < 4.78 is 16.7. The summed E-state index contributed by atoms with van der Waals surface area (Å²) in [6.45, 7) is 2.37. The molecule has 3 aromatic carbocycles. The van der Waals surface area contributed by atoms with Crippen molar-refractivity contribution in [2.45, 2.75) is 19.4 Å². The third-order valence-electron chi connectivity index (χ3n) is 5.44. The average Bonchev–Trinajstić information content (AvgIpc) is 3.26. The highest BCUT2D eigenvalue weighted by atomic mass is 16.6. The van der Waals surface area contributed by atoms with Crippen LogP contribution in [0.1, 0.15) is 16.7 Å². The summed E-state index contributed by atoms with van der Waals surface area (Å²) in [4.78, 5) is 12.4. The molecule has 0 spiro atoms. The minimum Gasteiger partial charge on any atom is -0.493 e. The first-order valence-corrected chi connectivity index (χ1v) is 10.2. The second-order valence-corrected chi connectivity index (χ2v) is 7.55. The van der Waals surface area contributed by atoms with Crippen LogP contribution in [0.25, 0.3) is 11.1 Å². The van der Waals surface area contributed by atoms with Crippen LogP contribution in [0.2, 0.25) is 0 Å². The summed E-state index contributed by atoms with van der Waals surface area (Å²) in [6.07, 6.45) is 1.28. The van der Waals surface area contributed by atoms with Crippen molar-refractivity contribution in [3.05, 3.63) is 77.4 Å². The molecule has 0 bridgehead atoms. The van der Waals surface area contributed by atoms with E-state index in [1.807, 2.05) is 24.3 Å². The van der Waals surface area contributed by atoms with Crippen molar-refractivity contribution in [1.29, 1.82) is 0 Å². The van der Waals surface area contributed by atoms with Gasteiger partial charge in [0.25, 0.3) is 0 Å². The first-order chi connectivity index (χ1) is 14.7. The van der Waals surface area contributed by atoms with E-state index in [1.165, 1.54) is 11.1 Å². The van der Waals surface area contributed by atoms with Gasteiger partial charge in [0, 0.05) is 13.0 Å². The van der Waals surface area contributed by atoms with Crippen molar-refractivity contribution in [2.75, 3.05) is 19.8 Å². The van der Waals surface area contributed by atoms with E-state index in [0.717, 1.165) is 41.2 Å². The number of hydrogen-bond donors (Lipinski definition) is 1. The van der Waals surface area contributed by atoms with Gasteiger partial charge in [0.05, 0.1) is 13.0 Å². The predicted molar refractivity (Wildman–Crippen MR) is 114 cm³/mol. The minimum atomic E-state index is -0.0191. The van der Waals surface area contributed by atoms with Crippen molar-refractivity contribution in [3.8, 4) is 28.4 Å². The molecule has 152 valence electrons. The zero-order chi connectivity index (χ0) is 20.3. The van der Waals surface area contributed by atoms with E-state index >= 15 is 0 Å². The van der Waals surface area contributed by atoms with Crippen molar-refractivity contribution < 1.29 is 19.0 Å². The molecule has 1 amide bonds. The first kappa shape index (κ1) is 18.6. The monoisotopic (exact) mass is 401 g/mol. The molecule has 0 radical (unpaired) electrons. The van der Waals surface area contributed by atoms with Gasteiger partial charge < -0.3 is 19.5 Å². The van der Waals surface area contributed by atoms with Crippen LogP contribution in [0.4, 0.5) is 0 Å². The normalized spacial score (nSPS) is 14.0. The van der Waals surface area contributed by atoms with Crippen LogP contribution in [-0.2, 0) is 24.2 Å². The Morgan fingerprint density at radius 3 is 2.30 bits per heavy atom. The van der Waals surface area contributed by atoms with Crippen LogP contribution >= 0.6 is 0 Å². The van der Waals surface area contributed by atoms with Gasteiger partial charge in [0.1, 0.15) is 19.0 Å². The lowest BCUT2D eigenvalue weighted by molar-refractivity contribution is -0.120. The Balaban J connectivity index is 1.18. The third-order valence-corrected chi connectivity index (χ3v) is 5.44. The molecule has 0 unspecified atom stereocenters. The molecule has 0 aromatic heterocycles. The third kappa shape index (κ3) is 3.96. The van der Waals surface area contributed by atoms with Gasteiger partial charge in [-0.15, -0.1) is 0 Å². The number of carbonyl (C=O) groups is 1. The lowest BCUT2D eigenvalue weighted by atomic mass is 10.0. The van der Waals surface area contributed by atoms with Crippen molar-refractivity contribution in [1.82, 2.24) is 5.32 Å². The molecule has 0 atom stereocenters. The van der Waals surface area contributed by atoms with Crippen LogP contribution in [0.5, 0.6) is 17.2 Å². The molecule has 5 heteroatoms. The second-order valence-electron chi connectivity index (χ2n) is 7.55. The summed E-state index contributed by atoms with van der Waals surface area (Å²) in [5.41, 5.74) is 5.60. The summed E-state index contributed by atoms with van der Waals surface area (Å²) in [5, 5.41) is 2.99. The maximum Gasteiger partial charge on any atom is 0.224 e. The molecule has 5 nitrogen and oxygen atoms in total. The van der Waals surface area contributed by atoms with Gasteiger partial charge >= 0.3 is 0 Å². The van der Waals surface area contributed by atoms with Gasteiger partial charge in [-0.1, -0.05) is 36.4 Å². The number of fused-ring (bicyclic) bond motifs is 2. The van der Waals surface area contributed by atoms with Gasteiger partial charge in [-0.3, -0.25) is 4.79 Å². The highest BCUT2D eigenvalue weighted by molar-refractivity contribution is 5.78. The van der Waals surface area contributed by atoms with E-state index < -0.39 is 0 Å². The number of rotatable bonds is 5. The van der Waals surface area contributed by atoms with Crippen molar-refractivity contribution in [3.63, 3.8) is 0 Å². The minimum absolute atomic E-state index is 0.0191. The molecular weight excluding hydrogens is 378 g/mol. The van der Waals surface area contributed by atoms with Crippen LogP contribution in [0, 0.1) is 0 Å². The van der Waals surface area contributed by atoms with E-state index in [0.29, 0.717) is 31.9 Å². The van der Waals surface area contributed by atoms with E-state index in [1.54, 1.807) is 0 Å². The molecule has 5 rings (SSSR count). The Bertz CT molecular complexity index is 1080. The Hall–Kier alpha value is -3.47. The lowest BCUT2D eigenvalue weighted by Gasteiger charge is -2.18. The topological polar surface area (TPSA) is 56.8 Å². The fourth-order valence-electron chi connectivity index (χ4n) is 3.83. The Labute approximate surface area is 175 Å². The van der Waals surface area contributed by atoms with E-state index in [2.05, 4.69) is 41.7 Å². The maximum atomic E-state index is 12.4. The summed E-state index contributed by atoms with van der Waals surface area (Å²) in [7, 11) is 0. The van der Waals surface area contributed by atoms with Crippen LogP contribution in [0.3, 0.4) is 0 Å². The highest BCUT2D eigenvalue weighted by Crippen LogP contribution is 2.31. The predicted octanol–water partition coefficient (Wildman–Crippen LogP) is 3.92. The standard InChI is InChI=1S/C25H23NO4/c27-25(14-18-3-7-23-24(13-18)30-12-11-29-23)26-16-17-1-4-19(5-2-17)20-6-8-22-21(15-20)9-10-28-22/h1-8,13,15H,9-12,14,16H2,(H,26,27). The summed E-state index contributed by atoms with van der Waals surface area (Å²) in [5.74, 6) is 2.42. The zero-order valence-corrected chi connectivity index (χ0v) is 16.6. The lowest BCUT2D eigenvalue weighted by Crippen LogP contribution is -2.24. The number of carbonyl (C=O) groups excluding carboxylic acids is 1. The van der Waals surface area contributed by atoms with Crippen molar-refractivity contribution >= 4 is 5.91 Å². The molecule has 0 saturated carbocycles. The van der Waals surface area contributed by atoms with E-state index in [-0.39, 0.29) is 5.91 Å². The molecular formula is C25H23NO4. The van der Waals surface area contributed by atoms with E-state index in [4.69, 9.17) is 14.2 Å². The zero-order valence-electron chi connectivity index (χ0n) is 16.6. The number of ether oxygens (including phenoxy) is 3. The Morgan fingerprint density at radius 2 is 1.43 bits per heavy atom. The Kier molecular flexibility index (Phi) is 5.01. The average molecular weight is 401 g/mol. The molecule has 2 aliphatic rings. The van der Waals surface area contributed by atoms with Gasteiger partial charge in [-0.25, -0.2) is 0 Å². The van der Waals surface area contributed by atoms with Gasteiger partial charge in [-0.05, 0) is 52.1 Å². The fourth-order valence-corrected chi connectivity index (χ4v) is 3.83. The largest absolute Gasteiger partial charge is 0.493 e. The Morgan fingerprint density at radius 1 is 0.733 bits per heavy atom. The molecule has 3 aromatic rings. The first-order valence-electron chi connectivity index (χ1n) is 10.2. The summed E-state index contributed by atoms with van der Waals surface area (Å²) >= 11 is 0. The van der Waals surface area contributed by atoms with Crippen molar-refractivity contribution in [2.24, 2.45) is 0 Å². The number of hydrogen-bond acceptors (Lipinski definition) is 4. The highest BCUT2D eigenvalue weighted by Gasteiger charge is 2.14. The van der Waals surface area contributed by atoms with Gasteiger partial charge in [0.15, 0.2) is 11.5 Å². The number of amides is 1. The smallest absolute Gasteiger partial charge is 0.224 e. The SMILES string of the molecule is O=C(Cc1ccc2c(c1)OCCO2)NCc1ccc(-c2ccc3c(c2)CCO3)cc1. The number of nitrogens with one attached hydrogen (secondary N) is 1. The molecule has 30 heavy (non-hydrogen) atoms. The van der Waals surface area contributed by atoms with Gasteiger partial charge in [0.2, 0.25) is 5.91 Å². The van der Waals surface area contributed by atoms with Gasteiger partial charge in [-0.2, -0.15) is 0 Å². The second kappa shape index (κ2) is 8.11. The van der Waals surface area contributed by atoms with E-state index in [9.17, 15) is 4.79 Å². The molecule has 2 aliphatic heterocycles. The van der Waals surface area contributed by atoms with Crippen LogP contribution in [-0.4, -0.2) is 25.7 Å². The quantitative estimate of drug-likeness (QED) is 0.704. The molecule has 2 heterocycles. The maximum absolute atomic E-state index is 12.4. The van der Waals surface area contributed by atoms with Crippen LogP contribution < -0.4 is 19.5 Å². The molecule has 0 aliphatic carbocycles. The molecule has 0 fully saturated rings. The van der Waals surface area contributed by atoms with Crippen LogP contribution in [0.15, 0.2) is 60.7 Å².